The zero-order chi connectivity index (χ0) is 11.9. The number of halogens is 1. The molecule has 84 valence electrons. The fourth-order valence-corrected chi connectivity index (χ4v) is 1.44. The van der Waals surface area contributed by atoms with Gasteiger partial charge in [-0.05, 0) is 13.3 Å². The molecule has 0 spiro atoms. The van der Waals surface area contributed by atoms with Gasteiger partial charge in [-0.1, -0.05) is 6.92 Å². The largest absolute Gasteiger partial charge is 0.292 e. The molecule has 0 radical (unpaired) electrons. The van der Waals surface area contributed by atoms with Gasteiger partial charge in [-0.2, -0.15) is 9.37 Å². The highest BCUT2D eigenvalue weighted by Crippen LogP contribution is 2.03. The number of H-pyrrole nitrogens is 1. The van der Waals surface area contributed by atoms with Gasteiger partial charge in [0.25, 0.3) is 11.1 Å². The molecular formula is C10H10FN3O2. The van der Waals surface area contributed by atoms with E-state index in [4.69, 9.17) is 0 Å². The van der Waals surface area contributed by atoms with Crippen molar-refractivity contribution in [1.29, 1.82) is 0 Å². The first-order valence-electron chi connectivity index (χ1n) is 4.85. The van der Waals surface area contributed by atoms with Gasteiger partial charge in [0.15, 0.2) is 0 Å². The minimum atomic E-state index is -0.694. The molecule has 0 bridgehead atoms. The molecule has 0 amide bonds. The fraction of sp³-hybridized carbons (Fsp3) is 0.300. The third-order valence-electron chi connectivity index (χ3n) is 2.46. The molecule has 16 heavy (non-hydrogen) atoms. The molecule has 2 heterocycles. The normalized spacial score (nSPS) is 10.9. The first-order chi connectivity index (χ1) is 7.54. The van der Waals surface area contributed by atoms with Gasteiger partial charge in [0.2, 0.25) is 11.7 Å². The molecule has 2 aromatic heterocycles. The Labute approximate surface area is 89.6 Å². The van der Waals surface area contributed by atoms with Crippen LogP contribution in [0.25, 0.3) is 5.78 Å². The molecule has 2 aromatic rings. The van der Waals surface area contributed by atoms with Crippen LogP contribution in [-0.2, 0) is 6.42 Å². The molecule has 5 nitrogen and oxygen atoms in total. The van der Waals surface area contributed by atoms with Gasteiger partial charge in [0.1, 0.15) is 0 Å². The number of nitrogens with one attached hydrogen (secondary N) is 1. The van der Waals surface area contributed by atoms with Crippen molar-refractivity contribution in [2.45, 2.75) is 20.3 Å². The van der Waals surface area contributed by atoms with Crippen LogP contribution in [0.4, 0.5) is 4.39 Å². The lowest BCUT2D eigenvalue weighted by molar-refractivity contribution is 0.546. The van der Waals surface area contributed by atoms with Crippen LogP contribution in [0.15, 0.2) is 15.8 Å². The Balaban J connectivity index is 2.98. The van der Waals surface area contributed by atoms with E-state index in [1.165, 1.54) is 13.1 Å². The first-order valence-corrected chi connectivity index (χ1v) is 4.85. The third kappa shape index (κ3) is 1.42. The molecule has 6 heteroatoms. The number of aryl methyl sites for hydroxylation is 1. The van der Waals surface area contributed by atoms with E-state index in [-0.39, 0.29) is 11.3 Å². The molecule has 0 saturated carbocycles. The Kier molecular flexibility index (Phi) is 2.34. The van der Waals surface area contributed by atoms with E-state index < -0.39 is 17.1 Å². The van der Waals surface area contributed by atoms with Gasteiger partial charge < -0.3 is 0 Å². The Hall–Kier alpha value is -1.98. The van der Waals surface area contributed by atoms with Crippen LogP contribution in [0, 0.1) is 12.9 Å². The highest BCUT2D eigenvalue weighted by atomic mass is 19.1. The van der Waals surface area contributed by atoms with Crippen molar-refractivity contribution in [2.75, 3.05) is 0 Å². The van der Waals surface area contributed by atoms with Crippen LogP contribution >= 0.6 is 0 Å². The molecule has 0 saturated heterocycles. The van der Waals surface area contributed by atoms with Crippen molar-refractivity contribution >= 4 is 5.78 Å². The fourth-order valence-electron chi connectivity index (χ4n) is 1.44. The van der Waals surface area contributed by atoms with Crippen molar-refractivity contribution in [3.63, 3.8) is 0 Å². The molecule has 0 unspecified atom stereocenters. The number of fused-ring (bicyclic) bond motifs is 1. The summed E-state index contributed by atoms with van der Waals surface area (Å²) in [5.74, 6) is -0.767. The van der Waals surface area contributed by atoms with Gasteiger partial charge in [-0.3, -0.25) is 19.0 Å². The maximum absolute atomic E-state index is 13.7. The van der Waals surface area contributed by atoms with Gasteiger partial charge in [0.05, 0.1) is 5.56 Å². The monoisotopic (exact) mass is 223 g/mol. The van der Waals surface area contributed by atoms with Crippen molar-refractivity contribution in [3.05, 3.63) is 44.0 Å². The molecule has 1 N–H and O–H groups in total. The number of aromatic nitrogens is 3. The Bertz CT molecular complexity index is 672. The third-order valence-corrected chi connectivity index (χ3v) is 2.46. The SMILES string of the molecule is CCc1cn2c(F)c(C)c(=O)[nH]c2nc1=O. The number of nitrogens with zero attached hydrogens (tertiary/aromatic N) is 2. The van der Waals surface area contributed by atoms with Gasteiger partial charge in [0, 0.05) is 11.8 Å². The van der Waals surface area contributed by atoms with Crippen LogP contribution < -0.4 is 11.1 Å². The van der Waals surface area contributed by atoms with Crippen LogP contribution in [0.2, 0.25) is 0 Å². The summed E-state index contributed by atoms with van der Waals surface area (Å²) in [5.41, 5.74) is -0.641. The lowest BCUT2D eigenvalue weighted by Gasteiger charge is -2.05. The Morgan fingerprint density at radius 2 is 2.19 bits per heavy atom. The molecule has 0 aliphatic heterocycles. The van der Waals surface area contributed by atoms with E-state index in [1.54, 1.807) is 6.92 Å². The molecule has 0 aliphatic rings. The van der Waals surface area contributed by atoms with Gasteiger partial charge in [-0.15, -0.1) is 0 Å². The smallest absolute Gasteiger partial charge is 0.277 e. The summed E-state index contributed by atoms with van der Waals surface area (Å²) < 4.78 is 14.8. The summed E-state index contributed by atoms with van der Waals surface area (Å²) in [5, 5.41) is 0. The predicted octanol–water partition coefficient (Wildman–Crippen LogP) is 0.393. The van der Waals surface area contributed by atoms with Crippen molar-refractivity contribution in [1.82, 2.24) is 14.4 Å². The summed E-state index contributed by atoms with van der Waals surface area (Å²) in [6, 6.07) is 0. The van der Waals surface area contributed by atoms with E-state index in [2.05, 4.69) is 9.97 Å². The van der Waals surface area contributed by atoms with Crippen LogP contribution in [0.5, 0.6) is 0 Å². The molecule has 0 aromatic carbocycles. The topological polar surface area (TPSA) is 67.2 Å². The number of rotatable bonds is 1. The van der Waals surface area contributed by atoms with E-state index in [9.17, 15) is 14.0 Å². The molecular weight excluding hydrogens is 213 g/mol. The van der Waals surface area contributed by atoms with Crippen molar-refractivity contribution in [3.8, 4) is 0 Å². The molecule has 0 aliphatic carbocycles. The maximum Gasteiger partial charge on any atom is 0.277 e. The van der Waals surface area contributed by atoms with Gasteiger partial charge >= 0.3 is 0 Å². The Morgan fingerprint density at radius 1 is 1.50 bits per heavy atom. The van der Waals surface area contributed by atoms with E-state index in [0.717, 1.165) is 4.40 Å². The molecule has 2 rings (SSSR count). The van der Waals surface area contributed by atoms with Crippen molar-refractivity contribution < 1.29 is 4.39 Å². The predicted molar refractivity (Wildman–Crippen MR) is 56.2 cm³/mol. The summed E-state index contributed by atoms with van der Waals surface area (Å²) in [4.78, 5) is 28.6. The van der Waals surface area contributed by atoms with E-state index in [1.807, 2.05) is 0 Å². The Morgan fingerprint density at radius 3 is 2.81 bits per heavy atom. The minimum absolute atomic E-state index is 0.0278. The van der Waals surface area contributed by atoms with Crippen LogP contribution in [0.1, 0.15) is 18.1 Å². The highest BCUT2D eigenvalue weighted by Gasteiger charge is 2.10. The summed E-state index contributed by atoms with van der Waals surface area (Å²) in [6.07, 6.45) is 1.83. The first kappa shape index (κ1) is 10.5. The second-order valence-electron chi connectivity index (χ2n) is 3.49. The maximum atomic E-state index is 13.7. The zero-order valence-electron chi connectivity index (χ0n) is 8.87. The lowest BCUT2D eigenvalue weighted by Crippen LogP contribution is -2.22. The second kappa shape index (κ2) is 3.55. The van der Waals surface area contributed by atoms with Gasteiger partial charge in [-0.25, -0.2) is 0 Å². The van der Waals surface area contributed by atoms with E-state index in [0.29, 0.717) is 12.0 Å². The standard InChI is InChI=1S/C10H10FN3O2/c1-3-6-4-14-7(11)5(2)8(15)12-10(14)13-9(6)16/h4H,3H2,1-2H3,(H,12,13,15,16). The highest BCUT2D eigenvalue weighted by molar-refractivity contribution is 5.30. The molecule has 0 fully saturated rings. The van der Waals surface area contributed by atoms with E-state index >= 15 is 0 Å². The average Bonchev–Trinajstić information content (AvgIpc) is 2.26. The number of aromatic amines is 1. The molecule has 0 atom stereocenters. The summed E-state index contributed by atoms with van der Waals surface area (Å²) in [7, 11) is 0. The zero-order valence-corrected chi connectivity index (χ0v) is 8.87. The lowest BCUT2D eigenvalue weighted by atomic mass is 10.2. The van der Waals surface area contributed by atoms with Crippen molar-refractivity contribution in [2.24, 2.45) is 0 Å². The minimum Gasteiger partial charge on any atom is -0.292 e. The second-order valence-corrected chi connectivity index (χ2v) is 3.49. The summed E-state index contributed by atoms with van der Waals surface area (Å²) >= 11 is 0. The quantitative estimate of drug-likeness (QED) is 0.711. The summed E-state index contributed by atoms with van der Waals surface area (Å²) in [6.45, 7) is 3.15. The number of hydrogen-bond acceptors (Lipinski definition) is 3. The van der Waals surface area contributed by atoms with Crippen LogP contribution in [-0.4, -0.2) is 14.4 Å². The van der Waals surface area contributed by atoms with Crippen LogP contribution in [0.3, 0.4) is 0 Å². The average molecular weight is 223 g/mol. The number of hydrogen-bond donors (Lipinski definition) is 1.